The first-order valence-electron chi connectivity index (χ1n) is 6.24. The number of hydrogen-bond donors (Lipinski definition) is 1. The molecule has 4 nitrogen and oxygen atoms in total. The second kappa shape index (κ2) is 4.88. The van der Waals surface area contributed by atoms with Crippen LogP contribution in [0.15, 0.2) is 27.4 Å². The van der Waals surface area contributed by atoms with Gasteiger partial charge in [0, 0.05) is 12.0 Å². The minimum atomic E-state index is -0.911. The van der Waals surface area contributed by atoms with Crippen LogP contribution in [0, 0.1) is 6.92 Å². The fraction of sp³-hybridized carbons (Fsp3) is 0.333. The Bertz CT molecular complexity index is 697. The molecule has 1 heterocycles. The summed E-state index contributed by atoms with van der Waals surface area (Å²) in [6.45, 7) is 5.26. The van der Waals surface area contributed by atoms with Gasteiger partial charge in [0.05, 0.1) is 11.3 Å². The van der Waals surface area contributed by atoms with E-state index in [-0.39, 0.29) is 5.43 Å². The highest BCUT2D eigenvalue weighted by Gasteiger charge is 2.16. The molecule has 4 heteroatoms. The van der Waals surface area contributed by atoms with Crippen molar-refractivity contribution in [3.05, 3.63) is 45.3 Å². The highest BCUT2D eigenvalue weighted by atomic mass is 16.4. The first kappa shape index (κ1) is 13.3. The number of carbonyl (C=O) groups is 1. The Labute approximate surface area is 110 Å². The summed E-state index contributed by atoms with van der Waals surface area (Å²) in [5, 5.41) is 9.46. The summed E-state index contributed by atoms with van der Waals surface area (Å²) >= 11 is 0. The predicted octanol–water partition coefficient (Wildman–Crippen LogP) is 2.85. The van der Waals surface area contributed by atoms with Gasteiger partial charge in [0.25, 0.3) is 0 Å². The van der Waals surface area contributed by atoms with Crippen molar-refractivity contribution in [3.8, 4) is 0 Å². The van der Waals surface area contributed by atoms with Crippen LogP contribution in [0.5, 0.6) is 0 Å². The Kier molecular flexibility index (Phi) is 3.42. The van der Waals surface area contributed by atoms with Gasteiger partial charge in [-0.2, -0.15) is 0 Å². The zero-order valence-corrected chi connectivity index (χ0v) is 11.2. The van der Waals surface area contributed by atoms with Gasteiger partial charge in [-0.05, 0) is 31.5 Å². The van der Waals surface area contributed by atoms with Crippen molar-refractivity contribution in [2.75, 3.05) is 0 Å². The fourth-order valence-corrected chi connectivity index (χ4v) is 2.10. The lowest BCUT2D eigenvalue weighted by atomic mass is 9.99. The molecule has 1 aromatic heterocycles. The van der Waals surface area contributed by atoms with Crippen molar-refractivity contribution in [3.63, 3.8) is 0 Å². The van der Waals surface area contributed by atoms with Gasteiger partial charge < -0.3 is 9.52 Å². The van der Waals surface area contributed by atoms with E-state index >= 15 is 0 Å². The van der Waals surface area contributed by atoms with Gasteiger partial charge in [0.1, 0.15) is 11.3 Å². The van der Waals surface area contributed by atoms with Crippen LogP contribution in [0.25, 0.3) is 11.0 Å². The Morgan fingerprint density at radius 1 is 1.42 bits per heavy atom. The van der Waals surface area contributed by atoms with Crippen LogP contribution in [-0.4, -0.2) is 11.1 Å². The lowest BCUT2D eigenvalue weighted by Crippen LogP contribution is -2.11. The number of carboxylic acids is 1. The Balaban J connectivity index is 2.70. The standard InChI is InChI=1S/C15H16O4/c1-4-12-9(3)14(16)11-7-10(8(2)15(17)18)5-6-13(11)19-12/h5-8H,4H2,1-3H3,(H,17,18)/t8-/m1/s1. The molecular formula is C15H16O4. The van der Waals surface area contributed by atoms with E-state index < -0.39 is 11.9 Å². The van der Waals surface area contributed by atoms with Crippen LogP contribution in [0.3, 0.4) is 0 Å². The molecule has 0 amide bonds. The second-order valence-corrected chi connectivity index (χ2v) is 4.65. The van der Waals surface area contributed by atoms with E-state index in [4.69, 9.17) is 9.52 Å². The summed E-state index contributed by atoms with van der Waals surface area (Å²) in [7, 11) is 0. The SMILES string of the molecule is CCc1oc2ccc([C@@H](C)C(=O)O)cc2c(=O)c1C. The van der Waals surface area contributed by atoms with Gasteiger partial charge in [-0.15, -0.1) is 0 Å². The van der Waals surface area contributed by atoms with Crippen LogP contribution in [0.4, 0.5) is 0 Å². The maximum absolute atomic E-state index is 12.2. The zero-order valence-electron chi connectivity index (χ0n) is 11.2. The molecular weight excluding hydrogens is 244 g/mol. The molecule has 0 saturated heterocycles. The number of fused-ring (bicyclic) bond motifs is 1. The molecule has 0 saturated carbocycles. The summed E-state index contributed by atoms with van der Waals surface area (Å²) in [4.78, 5) is 23.2. The third kappa shape index (κ3) is 2.26. The average molecular weight is 260 g/mol. The molecule has 0 fully saturated rings. The van der Waals surface area contributed by atoms with Crippen LogP contribution < -0.4 is 5.43 Å². The van der Waals surface area contributed by atoms with E-state index in [1.54, 1.807) is 32.0 Å². The molecule has 0 spiro atoms. The van der Waals surface area contributed by atoms with Crippen molar-refractivity contribution in [1.29, 1.82) is 0 Å². The van der Waals surface area contributed by atoms with Gasteiger partial charge in [-0.25, -0.2) is 0 Å². The monoisotopic (exact) mass is 260 g/mol. The average Bonchev–Trinajstić information content (AvgIpc) is 2.41. The number of rotatable bonds is 3. The predicted molar refractivity (Wildman–Crippen MR) is 72.6 cm³/mol. The first-order valence-corrected chi connectivity index (χ1v) is 6.24. The van der Waals surface area contributed by atoms with Crippen molar-refractivity contribution >= 4 is 16.9 Å². The summed E-state index contributed by atoms with van der Waals surface area (Å²) in [5.74, 6) is -0.878. The van der Waals surface area contributed by atoms with E-state index in [1.807, 2.05) is 6.92 Å². The highest BCUT2D eigenvalue weighted by molar-refractivity contribution is 5.82. The van der Waals surface area contributed by atoms with Crippen molar-refractivity contribution in [1.82, 2.24) is 0 Å². The zero-order chi connectivity index (χ0) is 14.2. The third-order valence-corrected chi connectivity index (χ3v) is 3.43. The lowest BCUT2D eigenvalue weighted by Gasteiger charge is -2.09. The topological polar surface area (TPSA) is 67.5 Å². The molecule has 0 aliphatic carbocycles. The first-order chi connectivity index (χ1) is 8.95. The van der Waals surface area contributed by atoms with E-state index in [0.29, 0.717) is 34.3 Å². The Hall–Kier alpha value is -2.10. The van der Waals surface area contributed by atoms with Crippen LogP contribution in [0.2, 0.25) is 0 Å². The molecule has 100 valence electrons. The summed E-state index contributed by atoms with van der Waals surface area (Å²) in [6, 6.07) is 4.98. The third-order valence-electron chi connectivity index (χ3n) is 3.43. The molecule has 0 radical (unpaired) electrons. The van der Waals surface area contributed by atoms with Gasteiger partial charge >= 0.3 is 5.97 Å². The summed E-state index contributed by atoms with van der Waals surface area (Å²) in [5.41, 5.74) is 1.62. The number of hydrogen-bond acceptors (Lipinski definition) is 3. The minimum Gasteiger partial charge on any atom is -0.481 e. The van der Waals surface area contributed by atoms with E-state index in [9.17, 15) is 9.59 Å². The molecule has 0 aliphatic rings. The molecule has 2 rings (SSSR count). The maximum Gasteiger partial charge on any atom is 0.310 e. The maximum atomic E-state index is 12.2. The van der Waals surface area contributed by atoms with Crippen molar-refractivity contribution in [2.24, 2.45) is 0 Å². The summed E-state index contributed by atoms with van der Waals surface area (Å²) in [6.07, 6.45) is 0.657. The highest BCUT2D eigenvalue weighted by Crippen LogP contribution is 2.22. The Morgan fingerprint density at radius 2 is 2.11 bits per heavy atom. The molecule has 1 N–H and O–H groups in total. The molecule has 1 aromatic carbocycles. The van der Waals surface area contributed by atoms with E-state index in [2.05, 4.69) is 0 Å². The number of carboxylic acid groups (broad SMARTS) is 1. The number of aliphatic carboxylic acids is 1. The molecule has 1 atom stereocenters. The fourth-order valence-electron chi connectivity index (χ4n) is 2.10. The largest absolute Gasteiger partial charge is 0.481 e. The van der Waals surface area contributed by atoms with Gasteiger partial charge in [0.2, 0.25) is 0 Å². The van der Waals surface area contributed by atoms with Crippen molar-refractivity contribution < 1.29 is 14.3 Å². The number of benzene rings is 1. The second-order valence-electron chi connectivity index (χ2n) is 4.65. The normalized spacial score (nSPS) is 12.6. The van der Waals surface area contributed by atoms with Gasteiger partial charge in [-0.3, -0.25) is 9.59 Å². The van der Waals surface area contributed by atoms with Crippen molar-refractivity contribution in [2.45, 2.75) is 33.1 Å². The molecule has 0 unspecified atom stereocenters. The Morgan fingerprint density at radius 3 is 2.68 bits per heavy atom. The van der Waals surface area contributed by atoms with Crippen LogP contribution in [0.1, 0.15) is 36.7 Å². The van der Waals surface area contributed by atoms with Gasteiger partial charge in [0.15, 0.2) is 5.43 Å². The molecule has 19 heavy (non-hydrogen) atoms. The smallest absolute Gasteiger partial charge is 0.310 e. The summed E-state index contributed by atoms with van der Waals surface area (Å²) < 4.78 is 5.67. The molecule has 2 aromatic rings. The minimum absolute atomic E-state index is 0.0856. The van der Waals surface area contributed by atoms with E-state index in [0.717, 1.165) is 0 Å². The van der Waals surface area contributed by atoms with Crippen LogP contribution in [-0.2, 0) is 11.2 Å². The lowest BCUT2D eigenvalue weighted by molar-refractivity contribution is -0.138. The number of aryl methyl sites for hydroxylation is 1. The van der Waals surface area contributed by atoms with E-state index in [1.165, 1.54) is 0 Å². The molecule has 0 bridgehead atoms. The molecule has 0 aliphatic heterocycles. The van der Waals surface area contributed by atoms with Crippen LogP contribution >= 0.6 is 0 Å². The quantitative estimate of drug-likeness (QED) is 0.921. The van der Waals surface area contributed by atoms with Gasteiger partial charge in [-0.1, -0.05) is 13.0 Å².